The molecule has 8 nitrogen and oxygen atoms in total. The lowest BCUT2D eigenvalue weighted by Gasteiger charge is -2.19. The Morgan fingerprint density at radius 1 is 1.18 bits per heavy atom. The lowest BCUT2D eigenvalue weighted by atomic mass is 10.1. The van der Waals surface area contributed by atoms with Gasteiger partial charge in [0.1, 0.15) is 12.7 Å². The van der Waals surface area contributed by atoms with Crippen molar-refractivity contribution in [2.24, 2.45) is 4.99 Å². The summed E-state index contributed by atoms with van der Waals surface area (Å²) < 4.78 is 3.85. The molecule has 2 N–H and O–H groups in total. The van der Waals surface area contributed by atoms with Crippen LogP contribution in [0.25, 0.3) is 5.69 Å². The number of nitrogens with zero attached hydrogens (tertiary/aromatic N) is 6. The third-order valence-electron chi connectivity index (χ3n) is 4.40. The maximum absolute atomic E-state index is 4.71. The lowest BCUT2D eigenvalue weighted by molar-refractivity contribution is 0.609. The molecule has 0 saturated carbocycles. The van der Waals surface area contributed by atoms with Crippen molar-refractivity contribution in [2.75, 3.05) is 13.1 Å². The van der Waals surface area contributed by atoms with Crippen molar-refractivity contribution in [3.63, 3.8) is 0 Å². The Morgan fingerprint density at radius 2 is 2.04 bits per heavy atom. The molecule has 0 fully saturated rings. The third kappa shape index (κ3) is 5.67. The zero-order valence-electron chi connectivity index (χ0n) is 16.5. The molecule has 2 heterocycles. The highest BCUT2D eigenvalue weighted by Crippen LogP contribution is 2.16. The SMILES string of the molecule is CCNC(=NCCCCn1cnnc1)NC(C)c1cccc(-n2cccn2)c1. The molecular formula is C20H28N8. The van der Waals surface area contributed by atoms with Gasteiger partial charge in [-0.25, -0.2) is 4.68 Å². The van der Waals surface area contributed by atoms with Gasteiger partial charge in [-0.15, -0.1) is 10.2 Å². The molecule has 1 atom stereocenters. The first kappa shape index (κ1) is 19.6. The molecular weight excluding hydrogens is 352 g/mol. The minimum atomic E-state index is 0.130. The molecule has 1 unspecified atom stereocenters. The maximum Gasteiger partial charge on any atom is 0.191 e. The highest BCUT2D eigenvalue weighted by Gasteiger charge is 2.09. The molecule has 0 radical (unpaired) electrons. The molecule has 1 aromatic carbocycles. The Hall–Kier alpha value is -3.16. The average Bonchev–Trinajstić information content (AvgIpc) is 3.42. The fraction of sp³-hybridized carbons (Fsp3) is 0.400. The minimum absolute atomic E-state index is 0.130. The van der Waals surface area contributed by atoms with Crippen LogP contribution >= 0.6 is 0 Å². The lowest BCUT2D eigenvalue weighted by Crippen LogP contribution is -2.38. The maximum atomic E-state index is 4.71. The fourth-order valence-corrected chi connectivity index (χ4v) is 2.90. The van der Waals surface area contributed by atoms with Gasteiger partial charge in [-0.2, -0.15) is 5.10 Å². The van der Waals surface area contributed by atoms with Gasteiger partial charge in [0.05, 0.1) is 11.7 Å². The molecule has 2 aromatic heterocycles. The van der Waals surface area contributed by atoms with Gasteiger partial charge in [0.2, 0.25) is 0 Å². The number of nitrogens with one attached hydrogen (secondary N) is 2. The molecule has 3 aromatic rings. The quantitative estimate of drug-likeness (QED) is 0.339. The van der Waals surface area contributed by atoms with Crippen molar-refractivity contribution in [3.05, 3.63) is 60.9 Å². The Balaban J connectivity index is 1.54. The summed E-state index contributed by atoms with van der Waals surface area (Å²) in [4.78, 5) is 4.71. The van der Waals surface area contributed by atoms with Crippen molar-refractivity contribution in [1.82, 2.24) is 35.2 Å². The van der Waals surface area contributed by atoms with Crippen LogP contribution in [0.3, 0.4) is 0 Å². The Kier molecular flexibility index (Phi) is 7.17. The third-order valence-corrected chi connectivity index (χ3v) is 4.40. The number of rotatable bonds is 9. The van der Waals surface area contributed by atoms with Gasteiger partial charge < -0.3 is 15.2 Å². The van der Waals surface area contributed by atoms with Crippen molar-refractivity contribution >= 4 is 5.96 Å². The number of aryl methyl sites for hydroxylation is 1. The topological polar surface area (TPSA) is 85.0 Å². The summed E-state index contributed by atoms with van der Waals surface area (Å²) in [6.45, 7) is 6.74. The number of hydrogen-bond donors (Lipinski definition) is 2. The van der Waals surface area contributed by atoms with Crippen LogP contribution in [0.15, 0.2) is 60.4 Å². The van der Waals surface area contributed by atoms with E-state index in [2.05, 4.69) is 64.0 Å². The summed E-state index contributed by atoms with van der Waals surface area (Å²) in [6, 6.07) is 10.4. The number of hydrogen-bond acceptors (Lipinski definition) is 4. The van der Waals surface area contributed by atoms with E-state index in [4.69, 9.17) is 4.99 Å². The first-order chi connectivity index (χ1) is 13.8. The van der Waals surface area contributed by atoms with Gasteiger partial charge in [0.15, 0.2) is 5.96 Å². The van der Waals surface area contributed by atoms with Crippen LogP contribution in [-0.2, 0) is 6.54 Å². The van der Waals surface area contributed by atoms with Gasteiger partial charge in [-0.1, -0.05) is 12.1 Å². The van der Waals surface area contributed by atoms with E-state index in [1.54, 1.807) is 18.9 Å². The summed E-state index contributed by atoms with van der Waals surface area (Å²) in [5, 5.41) is 18.8. The van der Waals surface area contributed by atoms with E-state index < -0.39 is 0 Å². The molecule has 0 aliphatic heterocycles. The Morgan fingerprint density at radius 3 is 2.79 bits per heavy atom. The zero-order valence-corrected chi connectivity index (χ0v) is 16.5. The van der Waals surface area contributed by atoms with E-state index in [0.717, 1.165) is 44.1 Å². The predicted octanol–water partition coefficient (Wildman–Crippen LogP) is 2.56. The molecule has 148 valence electrons. The molecule has 0 aliphatic rings. The number of aliphatic imine (C=N–C) groups is 1. The second-order valence-corrected chi connectivity index (χ2v) is 6.58. The molecule has 0 amide bonds. The summed E-state index contributed by atoms with van der Waals surface area (Å²) in [6.07, 6.45) is 9.28. The molecule has 0 saturated heterocycles. The predicted molar refractivity (Wildman–Crippen MR) is 110 cm³/mol. The molecule has 0 spiro atoms. The molecule has 3 rings (SSSR count). The highest BCUT2D eigenvalue weighted by atomic mass is 15.3. The smallest absolute Gasteiger partial charge is 0.191 e. The fourth-order valence-electron chi connectivity index (χ4n) is 2.90. The van der Waals surface area contributed by atoms with Gasteiger partial charge in [0, 0.05) is 32.0 Å². The van der Waals surface area contributed by atoms with E-state index in [9.17, 15) is 0 Å². The largest absolute Gasteiger partial charge is 0.357 e. The van der Waals surface area contributed by atoms with E-state index in [1.165, 1.54) is 5.56 Å². The van der Waals surface area contributed by atoms with Crippen molar-refractivity contribution in [3.8, 4) is 5.69 Å². The standard InChI is InChI=1S/C20H28N8/c1-3-21-20(22-10-4-5-12-27-15-23-24-16-27)26-17(2)18-8-6-9-19(14-18)28-13-7-11-25-28/h6-9,11,13-17H,3-5,10,12H2,1-2H3,(H2,21,22,26). The van der Waals surface area contributed by atoms with E-state index in [-0.39, 0.29) is 6.04 Å². The summed E-state index contributed by atoms with van der Waals surface area (Å²) in [5.74, 6) is 0.837. The van der Waals surface area contributed by atoms with Gasteiger partial charge in [-0.05, 0) is 50.5 Å². The van der Waals surface area contributed by atoms with E-state index in [1.807, 2.05) is 21.5 Å². The van der Waals surface area contributed by atoms with E-state index >= 15 is 0 Å². The van der Waals surface area contributed by atoms with Crippen LogP contribution in [0.4, 0.5) is 0 Å². The average molecular weight is 381 g/mol. The highest BCUT2D eigenvalue weighted by molar-refractivity contribution is 5.80. The van der Waals surface area contributed by atoms with Crippen LogP contribution in [0.2, 0.25) is 0 Å². The summed E-state index contributed by atoms with van der Waals surface area (Å²) in [5.41, 5.74) is 2.23. The van der Waals surface area contributed by atoms with Gasteiger partial charge in [-0.3, -0.25) is 4.99 Å². The summed E-state index contributed by atoms with van der Waals surface area (Å²) >= 11 is 0. The first-order valence-electron chi connectivity index (χ1n) is 9.73. The Labute approximate surface area is 165 Å². The van der Waals surface area contributed by atoms with Crippen LogP contribution in [0, 0.1) is 0 Å². The molecule has 8 heteroatoms. The van der Waals surface area contributed by atoms with Crippen molar-refractivity contribution < 1.29 is 0 Å². The number of aromatic nitrogens is 5. The van der Waals surface area contributed by atoms with Crippen molar-refractivity contribution in [2.45, 2.75) is 39.3 Å². The van der Waals surface area contributed by atoms with Crippen molar-refractivity contribution in [1.29, 1.82) is 0 Å². The second kappa shape index (κ2) is 10.2. The number of unbranched alkanes of at least 4 members (excludes halogenated alkanes) is 1. The zero-order chi connectivity index (χ0) is 19.6. The van der Waals surface area contributed by atoms with Crippen LogP contribution in [0.5, 0.6) is 0 Å². The first-order valence-corrected chi connectivity index (χ1v) is 9.73. The minimum Gasteiger partial charge on any atom is -0.357 e. The molecule has 0 bridgehead atoms. The number of benzene rings is 1. The second-order valence-electron chi connectivity index (χ2n) is 6.58. The van der Waals surface area contributed by atoms with Crippen LogP contribution in [-0.4, -0.2) is 43.6 Å². The van der Waals surface area contributed by atoms with E-state index in [0.29, 0.717) is 0 Å². The summed E-state index contributed by atoms with van der Waals surface area (Å²) in [7, 11) is 0. The number of guanidine groups is 1. The molecule has 28 heavy (non-hydrogen) atoms. The van der Waals surface area contributed by atoms with Gasteiger partial charge >= 0.3 is 0 Å². The molecule has 0 aliphatic carbocycles. The van der Waals surface area contributed by atoms with Crippen LogP contribution < -0.4 is 10.6 Å². The monoisotopic (exact) mass is 380 g/mol. The Bertz CT molecular complexity index is 839. The van der Waals surface area contributed by atoms with Gasteiger partial charge in [0.25, 0.3) is 0 Å². The van der Waals surface area contributed by atoms with Crippen LogP contribution in [0.1, 0.15) is 38.3 Å². The normalized spacial score (nSPS) is 12.7.